The average molecular weight is 367 g/mol. The van der Waals surface area contributed by atoms with Gasteiger partial charge in [0.05, 0.1) is 17.0 Å². The Labute approximate surface area is 153 Å². The summed E-state index contributed by atoms with van der Waals surface area (Å²) in [7, 11) is 0. The van der Waals surface area contributed by atoms with Crippen molar-refractivity contribution in [2.24, 2.45) is 0 Å². The number of hydrogen-bond donors (Lipinski definition) is 3. The smallest absolute Gasteiger partial charge is 0.294 e. The van der Waals surface area contributed by atoms with Gasteiger partial charge in [0.1, 0.15) is 17.4 Å². The molecular weight excluding hydrogens is 349 g/mol. The molecule has 5 rings (SSSR count). The molecule has 0 aliphatic heterocycles. The number of H-pyrrole nitrogens is 2. The fraction of sp³-hybridized carbons (Fsp3) is 0.300. The Kier molecular flexibility index (Phi) is 3.65. The highest BCUT2D eigenvalue weighted by molar-refractivity contribution is 6.23. The number of halogens is 1. The molecule has 1 aliphatic carbocycles. The summed E-state index contributed by atoms with van der Waals surface area (Å²) in [5.41, 5.74) is 1.04. The van der Waals surface area contributed by atoms with Crippen molar-refractivity contribution in [3.8, 4) is 6.01 Å². The Balaban J connectivity index is 1.74. The van der Waals surface area contributed by atoms with E-state index in [2.05, 4.69) is 15.0 Å². The van der Waals surface area contributed by atoms with Gasteiger partial charge in [-0.2, -0.15) is 4.98 Å². The van der Waals surface area contributed by atoms with Crippen LogP contribution in [0.15, 0.2) is 35.3 Å². The molecule has 0 spiro atoms. The van der Waals surface area contributed by atoms with Gasteiger partial charge < -0.3 is 19.8 Å². The molecule has 2 unspecified atom stereocenters. The second kappa shape index (κ2) is 6.06. The molecule has 0 radical (unpaired) electrons. The van der Waals surface area contributed by atoms with E-state index in [1.54, 1.807) is 18.3 Å². The second-order valence-corrected chi connectivity index (χ2v) is 7.11. The van der Waals surface area contributed by atoms with Crippen LogP contribution in [-0.2, 0) is 0 Å². The van der Waals surface area contributed by atoms with Gasteiger partial charge in [-0.05, 0) is 43.5 Å². The monoisotopic (exact) mass is 367 g/mol. The quantitative estimate of drug-likeness (QED) is 0.474. The van der Waals surface area contributed by atoms with Gasteiger partial charge in [-0.3, -0.25) is 4.79 Å². The van der Waals surface area contributed by atoms with E-state index in [9.17, 15) is 14.3 Å². The van der Waals surface area contributed by atoms with E-state index >= 15 is 0 Å². The first kappa shape index (κ1) is 16.3. The van der Waals surface area contributed by atoms with E-state index in [4.69, 9.17) is 4.74 Å². The Morgan fingerprint density at radius 2 is 2.07 bits per heavy atom. The van der Waals surface area contributed by atoms with Gasteiger partial charge in [0.2, 0.25) is 0 Å². The first-order valence-electron chi connectivity index (χ1n) is 9.07. The lowest BCUT2D eigenvalue weighted by Crippen LogP contribution is -2.28. The number of hydrogen-bond acceptors (Lipinski definition) is 4. The lowest BCUT2D eigenvalue weighted by Gasteiger charge is -2.25. The third-order valence-electron chi connectivity index (χ3n) is 5.30. The second-order valence-electron chi connectivity index (χ2n) is 7.11. The molecule has 0 saturated heterocycles. The third kappa shape index (κ3) is 2.66. The standard InChI is InChI=1S/C20H18FN3O3/c21-10-4-5-13-15(8-10)16-14(6-7-22-19(16)26)18-17(13)23-20(24-18)27-12-3-1-2-11(25)9-12/h4-8,11-12,25H,1-3,9H2,(H,22,26)(H,23,24). The highest BCUT2D eigenvalue weighted by Crippen LogP contribution is 2.34. The number of ether oxygens (including phenoxy) is 1. The summed E-state index contributed by atoms with van der Waals surface area (Å²) in [4.78, 5) is 22.8. The number of fused-ring (bicyclic) bond motifs is 6. The van der Waals surface area contributed by atoms with Crippen LogP contribution in [0.1, 0.15) is 25.7 Å². The fourth-order valence-electron chi connectivity index (χ4n) is 4.07. The zero-order chi connectivity index (χ0) is 18.5. The van der Waals surface area contributed by atoms with Crippen molar-refractivity contribution in [1.29, 1.82) is 0 Å². The minimum Gasteiger partial charge on any atom is -0.461 e. The van der Waals surface area contributed by atoms with Gasteiger partial charge in [-0.1, -0.05) is 0 Å². The molecule has 138 valence electrons. The molecule has 1 saturated carbocycles. The highest BCUT2D eigenvalue weighted by Gasteiger charge is 2.23. The van der Waals surface area contributed by atoms with Gasteiger partial charge in [0.15, 0.2) is 0 Å². The maximum absolute atomic E-state index is 13.9. The van der Waals surface area contributed by atoms with Gasteiger partial charge in [0.25, 0.3) is 11.6 Å². The van der Waals surface area contributed by atoms with E-state index in [0.717, 1.165) is 19.3 Å². The molecular formula is C20H18FN3O3. The van der Waals surface area contributed by atoms with Crippen LogP contribution in [0.5, 0.6) is 6.01 Å². The predicted molar refractivity (Wildman–Crippen MR) is 101 cm³/mol. The summed E-state index contributed by atoms with van der Waals surface area (Å²) in [5.74, 6) is -0.408. The van der Waals surface area contributed by atoms with Gasteiger partial charge in [0, 0.05) is 28.8 Å². The Morgan fingerprint density at radius 3 is 2.93 bits per heavy atom. The van der Waals surface area contributed by atoms with Crippen molar-refractivity contribution < 1.29 is 14.2 Å². The van der Waals surface area contributed by atoms with Crippen LogP contribution in [0.4, 0.5) is 4.39 Å². The Bertz CT molecular complexity index is 1230. The lowest BCUT2D eigenvalue weighted by molar-refractivity contribution is 0.0495. The topological polar surface area (TPSA) is 91.0 Å². The first-order chi connectivity index (χ1) is 13.1. The minimum absolute atomic E-state index is 0.104. The molecule has 2 heterocycles. The van der Waals surface area contributed by atoms with Crippen LogP contribution in [0.3, 0.4) is 0 Å². The highest BCUT2D eigenvalue weighted by atomic mass is 19.1. The maximum atomic E-state index is 13.9. The zero-order valence-corrected chi connectivity index (χ0v) is 14.5. The number of aliphatic hydroxyl groups excluding tert-OH is 1. The van der Waals surface area contributed by atoms with Crippen LogP contribution >= 0.6 is 0 Å². The van der Waals surface area contributed by atoms with Gasteiger partial charge in [-0.15, -0.1) is 0 Å². The van der Waals surface area contributed by atoms with Crippen molar-refractivity contribution in [1.82, 2.24) is 15.0 Å². The molecule has 2 atom stereocenters. The van der Waals surface area contributed by atoms with Crippen LogP contribution in [0, 0.1) is 5.82 Å². The summed E-state index contributed by atoms with van der Waals surface area (Å²) in [6.45, 7) is 0. The number of aromatic nitrogens is 3. The Hall–Kier alpha value is -2.93. The fourth-order valence-corrected chi connectivity index (χ4v) is 4.07. The van der Waals surface area contributed by atoms with Crippen molar-refractivity contribution in [2.75, 3.05) is 0 Å². The number of nitrogens with zero attached hydrogens (tertiary/aromatic N) is 1. The molecule has 27 heavy (non-hydrogen) atoms. The van der Waals surface area contributed by atoms with Crippen LogP contribution in [0.25, 0.3) is 32.6 Å². The predicted octanol–water partition coefficient (Wildman–Crippen LogP) is 3.38. The molecule has 7 heteroatoms. The summed E-state index contributed by atoms with van der Waals surface area (Å²) >= 11 is 0. The molecule has 4 aromatic rings. The molecule has 1 aliphatic rings. The zero-order valence-electron chi connectivity index (χ0n) is 14.5. The summed E-state index contributed by atoms with van der Waals surface area (Å²) in [6, 6.07) is 6.47. The van der Waals surface area contributed by atoms with Crippen molar-refractivity contribution in [2.45, 2.75) is 37.9 Å². The SMILES string of the molecule is O=c1[nH]ccc2c3[nH]c(OC4CCCC(O)C4)nc3c3ccc(F)cc3c12. The van der Waals surface area contributed by atoms with Crippen molar-refractivity contribution in [3.05, 3.63) is 46.6 Å². The number of pyridine rings is 1. The molecule has 0 amide bonds. The number of benzene rings is 2. The number of rotatable bonds is 2. The third-order valence-corrected chi connectivity index (χ3v) is 5.30. The van der Waals surface area contributed by atoms with Crippen molar-refractivity contribution in [3.63, 3.8) is 0 Å². The maximum Gasteiger partial charge on any atom is 0.294 e. The molecule has 2 aromatic heterocycles. The number of imidazole rings is 1. The Morgan fingerprint density at radius 1 is 1.19 bits per heavy atom. The van der Waals surface area contributed by atoms with Crippen LogP contribution < -0.4 is 10.3 Å². The van der Waals surface area contributed by atoms with Crippen molar-refractivity contribution >= 4 is 32.6 Å². The van der Waals surface area contributed by atoms with Crippen LogP contribution in [0.2, 0.25) is 0 Å². The summed E-state index contributed by atoms with van der Waals surface area (Å²) in [5, 5.41) is 12.1. The largest absolute Gasteiger partial charge is 0.461 e. The van der Waals surface area contributed by atoms with E-state index in [1.165, 1.54) is 12.1 Å². The van der Waals surface area contributed by atoms with Gasteiger partial charge in [-0.25, -0.2) is 4.39 Å². The lowest BCUT2D eigenvalue weighted by atomic mass is 9.95. The number of nitrogens with one attached hydrogen (secondary N) is 2. The van der Waals surface area contributed by atoms with E-state index in [-0.39, 0.29) is 17.8 Å². The van der Waals surface area contributed by atoms with Crippen LogP contribution in [-0.4, -0.2) is 32.3 Å². The average Bonchev–Trinajstić information content (AvgIpc) is 3.05. The van der Waals surface area contributed by atoms with E-state index in [1.807, 2.05) is 0 Å². The van der Waals surface area contributed by atoms with E-state index in [0.29, 0.717) is 45.0 Å². The number of aromatic amines is 2. The first-order valence-corrected chi connectivity index (χ1v) is 9.07. The van der Waals surface area contributed by atoms with E-state index < -0.39 is 5.82 Å². The molecule has 3 N–H and O–H groups in total. The number of aliphatic hydroxyl groups is 1. The minimum atomic E-state index is -0.408. The normalized spacial score (nSPS) is 20.5. The molecule has 2 aromatic carbocycles. The molecule has 1 fully saturated rings. The van der Waals surface area contributed by atoms with Gasteiger partial charge >= 0.3 is 0 Å². The summed E-state index contributed by atoms with van der Waals surface area (Å²) in [6.07, 6.45) is 4.25. The summed E-state index contributed by atoms with van der Waals surface area (Å²) < 4.78 is 19.8. The molecule has 0 bridgehead atoms. The molecule has 6 nitrogen and oxygen atoms in total.